The Hall–Kier alpha value is -4.13. The number of fused-ring (bicyclic) bond motifs is 1. The van der Waals surface area contributed by atoms with Crippen LogP contribution in [0.2, 0.25) is 0 Å². The van der Waals surface area contributed by atoms with Gasteiger partial charge in [-0.2, -0.15) is 0 Å². The molecule has 1 N–H and O–H groups in total. The fourth-order valence-corrected chi connectivity index (χ4v) is 5.13. The summed E-state index contributed by atoms with van der Waals surface area (Å²) in [6, 6.07) is 22.0. The smallest absolute Gasteiger partial charge is 0.336 e. The van der Waals surface area contributed by atoms with Crippen molar-refractivity contribution in [1.82, 2.24) is 14.5 Å². The molecule has 0 bridgehead atoms. The van der Waals surface area contributed by atoms with Gasteiger partial charge in [0, 0.05) is 6.04 Å². The lowest BCUT2D eigenvalue weighted by Gasteiger charge is -2.22. The lowest BCUT2D eigenvalue weighted by molar-refractivity contribution is -0.121. The van der Waals surface area contributed by atoms with E-state index in [1.807, 2.05) is 42.5 Å². The zero-order valence-corrected chi connectivity index (χ0v) is 21.0. The van der Waals surface area contributed by atoms with E-state index >= 15 is 0 Å². The van der Waals surface area contributed by atoms with Gasteiger partial charge in [0.2, 0.25) is 5.91 Å². The second-order valence-corrected chi connectivity index (χ2v) is 9.62. The topological polar surface area (TPSA) is 82.3 Å². The van der Waals surface area contributed by atoms with Crippen molar-refractivity contribution in [2.45, 2.75) is 51.1 Å². The fourth-order valence-electron chi connectivity index (χ4n) is 5.13. The van der Waals surface area contributed by atoms with Crippen LogP contribution >= 0.6 is 0 Å². The third-order valence-electron chi connectivity index (χ3n) is 7.05. The average molecular weight is 498 g/mol. The maximum Gasteiger partial charge on any atom is 0.336 e. The highest BCUT2D eigenvalue weighted by Crippen LogP contribution is 2.18. The van der Waals surface area contributed by atoms with E-state index in [1.54, 1.807) is 42.0 Å². The number of hydrogen-bond donors (Lipinski definition) is 1. The molecule has 0 unspecified atom stereocenters. The van der Waals surface area contributed by atoms with Crippen molar-refractivity contribution >= 4 is 16.8 Å². The number of hydrogen-bond acceptors (Lipinski definition) is 4. The maximum absolute atomic E-state index is 13.7. The summed E-state index contributed by atoms with van der Waals surface area (Å²) in [4.78, 5) is 39.6. The summed E-state index contributed by atoms with van der Waals surface area (Å²) in [5.41, 5.74) is 1.97. The molecule has 1 aliphatic rings. The Kier molecular flexibility index (Phi) is 7.21. The quantitative estimate of drug-likeness (QED) is 0.415. The monoisotopic (exact) mass is 497 g/mol. The average Bonchev–Trinajstić information content (AvgIpc) is 2.92. The van der Waals surface area contributed by atoms with Gasteiger partial charge in [-0.3, -0.25) is 14.2 Å². The molecule has 1 heterocycles. The van der Waals surface area contributed by atoms with Crippen molar-refractivity contribution in [2.75, 3.05) is 7.11 Å². The minimum atomic E-state index is -0.422. The van der Waals surface area contributed by atoms with Gasteiger partial charge in [-0.05, 0) is 60.4 Å². The number of amides is 1. The molecule has 0 saturated heterocycles. The number of nitrogens with one attached hydrogen (secondary N) is 1. The van der Waals surface area contributed by atoms with Crippen LogP contribution in [0.3, 0.4) is 0 Å². The van der Waals surface area contributed by atoms with Crippen LogP contribution in [0.25, 0.3) is 16.6 Å². The Morgan fingerprint density at radius 3 is 2.43 bits per heavy atom. The normalized spacial score (nSPS) is 14.0. The van der Waals surface area contributed by atoms with Crippen LogP contribution in [-0.2, 0) is 17.8 Å². The molecule has 7 heteroatoms. The van der Waals surface area contributed by atoms with E-state index in [1.165, 1.54) is 11.0 Å². The summed E-state index contributed by atoms with van der Waals surface area (Å²) in [5.74, 6) is 0.703. The van der Waals surface area contributed by atoms with Gasteiger partial charge in [-0.15, -0.1) is 0 Å². The SMILES string of the molecule is COc1cccc(Cn2c(=O)n(-c3ccc(CC(=O)NC4CCCCC4)cc3)c(=O)c3ccccc32)c1. The van der Waals surface area contributed by atoms with E-state index in [-0.39, 0.29) is 30.5 Å². The van der Waals surface area contributed by atoms with E-state index in [0.717, 1.165) is 36.8 Å². The lowest BCUT2D eigenvalue weighted by atomic mass is 9.95. The number of rotatable bonds is 7. The molecule has 0 spiro atoms. The third kappa shape index (κ3) is 5.35. The third-order valence-corrected chi connectivity index (χ3v) is 7.05. The summed E-state index contributed by atoms with van der Waals surface area (Å²) >= 11 is 0. The number of carbonyl (C=O) groups is 1. The second kappa shape index (κ2) is 10.9. The van der Waals surface area contributed by atoms with Gasteiger partial charge < -0.3 is 10.1 Å². The van der Waals surface area contributed by atoms with E-state index in [0.29, 0.717) is 22.3 Å². The van der Waals surface area contributed by atoms with Gasteiger partial charge in [0.05, 0.1) is 36.7 Å². The highest BCUT2D eigenvalue weighted by atomic mass is 16.5. The molecular formula is C30H31N3O4. The van der Waals surface area contributed by atoms with Crippen LogP contribution < -0.4 is 21.3 Å². The molecule has 0 radical (unpaired) electrons. The summed E-state index contributed by atoms with van der Waals surface area (Å²) in [6.45, 7) is 0.288. The Balaban J connectivity index is 1.46. The summed E-state index contributed by atoms with van der Waals surface area (Å²) < 4.78 is 8.14. The molecular weight excluding hydrogens is 466 g/mol. The van der Waals surface area contributed by atoms with Gasteiger partial charge in [-0.25, -0.2) is 9.36 Å². The molecule has 37 heavy (non-hydrogen) atoms. The lowest BCUT2D eigenvalue weighted by Crippen LogP contribution is -2.39. The van der Waals surface area contributed by atoms with Crippen LogP contribution in [0.4, 0.5) is 0 Å². The predicted molar refractivity (Wildman–Crippen MR) is 145 cm³/mol. The van der Waals surface area contributed by atoms with E-state index in [2.05, 4.69) is 5.32 Å². The second-order valence-electron chi connectivity index (χ2n) is 9.62. The van der Waals surface area contributed by atoms with Crippen LogP contribution in [0.5, 0.6) is 5.75 Å². The number of ether oxygens (including phenoxy) is 1. The maximum atomic E-state index is 13.7. The Bertz CT molecular complexity index is 1530. The van der Waals surface area contributed by atoms with Crippen molar-refractivity contribution < 1.29 is 9.53 Å². The minimum Gasteiger partial charge on any atom is -0.497 e. The number of aromatic nitrogens is 2. The zero-order valence-electron chi connectivity index (χ0n) is 21.0. The molecule has 1 aliphatic carbocycles. The first-order chi connectivity index (χ1) is 18.0. The fraction of sp³-hybridized carbons (Fsp3) is 0.300. The number of nitrogens with zero attached hydrogens (tertiary/aromatic N) is 2. The molecule has 1 aromatic heterocycles. The molecule has 190 valence electrons. The number of carbonyl (C=O) groups excluding carboxylic acids is 1. The molecule has 1 fully saturated rings. The van der Waals surface area contributed by atoms with E-state index < -0.39 is 5.69 Å². The molecule has 7 nitrogen and oxygen atoms in total. The predicted octanol–water partition coefficient (Wildman–Crippen LogP) is 4.20. The van der Waals surface area contributed by atoms with Crippen molar-refractivity contribution in [2.24, 2.45) is 0 Å². The summed E-state index contributed by atoms with van der Waals surface area (Å²) in [7, 11) is 1.60. The van der Waals surface area contributed by atoms with Gasteiger partial charge in [0.1, 0.15) is 5.75 Å². The summed E-state index contributed by atoms with van der Waals surface area (Å²) in [6.07, 6.45) is 5.91. The van der Waals surface area contributed by atoms with Gasteiger partial charge in [-0.1, -0.05) is 55.7 Å². The van der Waals surface area contributed by atoms with Gasteiger partial charge in [0.15, 0.2) is 0 Å². The van der Waals surface area contributed by atoms with Crippen LogP contribution in [-0.4, -0.2) is 28.2 Å². The minimum absolute atomic E-state index is 0.00293. The van der Waals surface area contributed by atoms with Crippen molar-refractivity contribution in [3.8, 4) is 11.4 Å². The Morgan fingerprint density at radius 1 is 0.919 bits per heavy atom. The number of methoxy groups -OCH3 is 1. The first kappa shape index (κ1) is 24.6. The molecule has 4 aromatic rings. The summed E-state index contributed by atoms with van der Waals surface area (Å²) in [5, 5.41) is 3.59. The Morgan fingerprint density at radius 2 is 1.68 bits per heavy atom. The highest BCUT2D eigenvalue weighted by Gasteiger charge is 2.17. The number of para-hydroxylation sites is 1. The van der Waals surface area contributed by atoms with Crippen LogP contribution in [0.15, 0.2) is 82.4 Å². The Labute approximate surface area is 215 Å². The van der Waals surface area contributed by atoms with Gasteiger partial charge in [0.25, 0.3) is 5.56 Å². The molecule has 1 saturated carbocycles. The highest BCUT2D eigenvalue weighted by molar-refractivity contribution is 5.79. The standard InChI is InChI=1S/C30H31N3O4/c1-37-25-11-7-8-22(18-25)20-32-27-13-6-5-12-26(27)29(35)33(30(32)36)24-16-14-21(15-17-24)19-28(34)31-23-9-3-2-4-10-23/h5-8,11-18,23H,2-4,9-10,19-20H2,1H3,(H,31,34). The van der Waals surface area contributed by atoms with Crippen molar-refractivity contribution in [3.05, 3.63) is 105 Å². The zero-order chi connectivity index (χ0) is 25.8. The largest absolute Gasteiger partial charge is 0.497 e. The first-order valence-corrected chi connectivity index (χ1v) is 12.8. The van der Waals surface area contributed by atoms with Crippen molar-refractivity contribution in [1.29, 1.82) is 0 Å². The van der Waals surface area contributed by atoms with Gasteiger partial charge >= 0.3 is 5.69 Å². The van der Waals surface area contributed by atoms with Crippen LogP contribution in [0.1, 0.15) is 43.2 Å². The van der Waals surface area contributed by atoms with Crippen LogP contribution in [0, 0.1) is 0 Å². The molecule has 1 amide bonds. The first-order valence-electron chi connectivity index (χ1n) is 12.8. The molecule has 3 aromatic carbocycles. The van der Waals surface area contributed by atoms with Crippen molar-refractivity contribution in [3.63, 3.8) is 0 Å². The molecule has 0 atom stereocenters. The molecule has 5 rings (SSSR count). The van der Waals surface area contributed by atoms with E-state index in [4.69, 9.17) is 4.74 Å². The number of benzene rings is 3. The molecule has 0 aliphatic heterocycles. The van der Waals surface area contributed by atoms with E-state index in [9.17, 15) is 14.4 Å².